The molecule has 7 nitrogen and oxygen atoms in total. The van der Waals surface area contributed by atoms with Crippen molar-refractivity contribution in [1.82, 2.24) is 15.0 Å². The molecule has 0 unspecified atom stereocenters. The number of rotatable bonds is 7. The molecule has 0 saturated carbocycles. The third kappa shape index (κ3) is 7.44. The number of aromatic nitrogens is 1. The van der Waals surface area contributed by atoms with E-state index in [0.717, 1.165) is 37.3 Å². The average Bonchev–Trinajstić information content (AvgIpc) is 3.19. The van der Waals surface area contributed by atoms with E-state index in [1.807, 2.05) is 4.90 Å². The van der Waals surface area contributed by atoms with Crippen molar-refractivity contribution in [2.45, 2.75) is 38.5 Å². The fraction of sp³-hybridized carbons (Fsp3) is 0.500. The molecule has 2 heterocycles. The fourth-order valence-corrected chi connectivity index (χ4v) is 3.74. The summed E-state index contributed by atoms with van der Waals surface area (Å²) in [7, 11) is 0. The summed E-state index contributed by atoms with van der Waals surface area (Å²) in [5.41, 5.74) is -4.01. The third-order valence-electron chi connectivity index (χ3n) is 5.49. The highest BCUT2D eigenvalue weighted by atomic mass is 19.4. The summed E-state index contributed by atoms with van der Waals surface area (Å²) in [6.45, 7) is 2.72. The molecule has 0 aliphatic carbocycles. The van der Waals surface area contributed by atoms with Crippen molar-refractivity contribution in [2.75, 3.05) is 38.0 Å². The summed E-state index contributed by atoms with van der Waals surface area (Å²) in [4.78, 5) is 28.6. The van der Waals surface area contributed by atoms with E-state index in [0.29, 0.717) is 24.4 Å². The van der Waals surface area contributed by atoms with Crippen LogP contribution < -0.4 is 5.32 Å². The number of piperidine rings is 1. The monoisotopic (exact) mass is 506 g/mol. The highest BCUT2D eigenvalue weighted by molar-refractivity contribution is 5.99. The first-order valence-electron chi connectivity index (χ1n) is 10.9. The van der Waals surface area contributed by atoms with Crippen molar-refractivity contribution in [3.05, 3.63) is 46.7 Å². The predicted octanol–water partition coefficient (Wildman–Crippen LogP) is 4.59. The number of likely N-dealkylation sites (tertiary alicyclic amines) is 1. The molecular weight excluding hydrogens is 482 g/mol. The van der Waals surface area contributed by atoms with E-state index in [1.54, 1.807) is 6.92 Å². The Kier molecular flexibility index (Phi) is 8.08. The highest BCUT2D eigenvalue weighted by Crippen LogP contribution is 2.36. The number of anilines is 1. The minimum absolute atomic E-state index is 0.0472. The highest BCUT2D eigenvalue weighted by Gasteiger charge is 2.38. The van der Waals surface area contributed by atoms with Crippen molar-refractivity contribution < 1.29 is 40.5 Å². The summed E-state index contributed by atoms with van der Waals surface area (Å²) in [6.07, 6.45) is -7.29. The molecule has 1 N–H and O–H groups in total. The van der Waals surface area contributed by atoms with Crippen LogP contribution in [0.15, 0.2) is 28.8 Å². The Balaban J connectivity index is 1.87. The number of halogens is 6. The molecule has 1 aromatic carbocycles. The van der Waals surface area contributed by atoms with Crippen molar-refractivity contribution in [3.8, 4) is 0 Å². The summed E-state index contributed by atoms with van der Waals surface area (Å²) in [5.74, 6) is -1.38. The van der Waals surface area contributed by atoms with E-state index in [2.05, 4.69) is 10.5 Å². The molecule has 2 amide bonds. The maximum atomic E-state index is 13.3. The van der Waals surface area contributed by atoms with Gasteiger partial charge in [-0.2, -0.15) is 26.3 Å². The van der Waals surface area contributed by atoms with Gasteiger partial charge >= 0.3 is 12.4 Å². The Morgan fingerprint density at radius 1 is 1.00 bits per heavy atom. The van der Waals surface area contributed by atoms with Gasteiger partial charge in [0.05, 0.1) is 11.1 Å². The molecule has 1 aromatic heterocycles. The zero-order chi connectivity index (χ0) is 25.8. The number of carbonyl (C=O) groups is 2. The van der Waals surface area contributed by atoms with Crippen molar-refractivity contribution >= 4 is 17.6 Å². The number of hydrogen-bond donors (Lipinski definition) is 1. The zero-order valence-corrected chi connectivity index (χ0v) is 18.8. The Bertz CT molecular complexity index is 1010. The van der Waals surface area contributed by atoms with Crippen LogP contribution in [0.2, 0.25) is 0 Å². The molecule has 13 heteroatoms. The second-order valence-electron chi connectivity index (χ2n) is 8.29. The average molecular weight is 506 g/mol. The molecule has 1 fully saturated rings. The molecule has 0 atom stereocenters. The smallest absolute Gasteiger partial charge is 0.360 e. The molecule has 1 aliphatic heterocycles. The Hall–Kier alpha value is -3.09. The Morgan fingerprint density at radius 3 is 2.11 bits per heavy atom. The number of benzene rings is 1. The molecule has 1 aliphatic rings. The van der Waals surface area contributed by atoms with E-state index in [9.17, 15) is 35.9 Å². The van der Waals surface area contributed by atoms with Crippen molar-refractivity contribution in [3.63, 3.8) is 0 Å². The van der Waals surface area contributed by atoms with E-state index in [4.69, 9.17) is 4.52 Å². The van der Waals surface area contributed by atoms with Crippen LogP contribution in [0.1, 0.15) is 46.5 Å². The fourth-order valence-electron chi connectivity index (χ4n) is 3.74. The second kappa shape index (κ2) is 10.7. The number of hydrogen-bond acceptors (Lipinski definition) is 5. The van der Waals surface area contributed by atoms with Gasteiger partial charge in [-0.15, -0.1) is 0 Å². The van der Waals surface area contributed by atoms with Gasteiger partial charge < -0.3 is 19.6 Å². The van der Waals surface area contributed by atoms with E-state index < -0.39 is 47.4 Å². The van der Waals surface area contributed by atoms with Crippen molar-refractivity contribution in [2.24, 2.45) is 0 Å². The number of aryl methyl sites for hydroxylation is 1. The van der Waals surface area contributed by atoms with Gasteiger partial charge in [0.15, 0.2) is 5.82 Å². The first-order chi connectivity index (χ1) is 16.3. The molecule has 1 saturated heterocycles. The van der Waals surface area contributed by atoms with Crippen LogP contribution >= 0.6 is 0 Å². The summed E-state index contributed by atoms with van der Waals surface area (Å²) >= 11 is 0. The van der Waals surface area contributed by atoms with Gasteiger partial charge in [0, 0.05) is 24.7 Å². The lowest BCUT2D eigenvalue weighted by atomic mass is 10.0. The van der Waals surface area contributed by atoms with Gasteiger partial charge in [0.2, 0.25) is 5.91 Å². The maximum Gasteiger partial charge on any atom is 0.416 e. The molecule has 192 valence electrons. The van der Waals surface area contributed by atoms with Gasteiger partial charge in [-0.3, -0.25) is 9.59 Å². The minimum Gasteiger partial charge on any atom is -0.360 e. The second-order valence-corrected chi connectivity index (χ2v) is 8.29. The van der Waals surface area contributed by atoms with E-state index >= 15 is 0 Å². The zero-order valence-electron chi connectivity index (χ0n) is 18.8. The molecule has 35 heavy (non-hydrogen) atoms. The van der Waals surface area contributed by atoms with Gasteiger partial charge in [-0.25, -0.2) is 0 Å². The molecule has 2 aromatic rings. The van der Waals surface area contributed by atoms with Gasteiger partial charge in [-0.05, 0) is 51.1 Å². The number of nitrogens with zero attached hydrogens (tertiary/aromatic N) is 3. The number of nitrogens with one attached hydrogen (secondary N) is 1. The first-order valence-corrected chi connectivity index (χ1v) is 10.9. The molecule has 0 radical (unpaired) electrons. The normalized spacial score (nSPS) is 15.2. The standard InChI is InChI=1S/C22H24F6N4O3/c1-14-9-18(30-35-14)29-19(33)13-32(8-7-31-5-3-2-4-6-31)20(34)15-10-16(21(23,24)25)12-17(11-15)22(26,27)28/h9-12H,2-8,13H2,1H3,(H,29,30,33). The molecule has 3 rings (SSSR count). The van der Waals surface area contributed by atoms with Crippen LogP contribution in [0.4, 0.5) is 32.2 Å². The SMILES string of the molecule is Cc1cc(NC(=O)CN(CCN2CCCCC2)C(=O)c2cc(C(F)(F)F)cc(C(F)(F)F)c2)no1. The molecular formula is C22H24F6N4O3. The number of carbonyl (C=O) groups excluding carboxylic acids is 2. The van der Waals surface area contributed by atoms with Gasteiger partial charge in [-0.1, -0.05) is 11.6 Å². The van der Waals surface area contributed by atoms with Crippen LogP contribution in [0, 0.1) is 6.92 Å². The van der Waals surface area contributed by atoms with Crippen LogP contribution in [-0.4, -0.2) is 59.5 Å². The Labute approximate surface area is 197 Å². The topological polar surface area (TPSA) is 78.7 Å². The lowest BCUT2D eigenvalue weighted by molar-refractivity contribution is -0.143. The maximum absolute atomic E-state index is 13.3. The minimum atomic E-state index is -5.10. The number of alkyl halides is 6. The Morgan fingerprint density at radius 2 is 1.60 bits per heavy atom. The number of amides is 2. The lowest BCUT2D eigenvalue weighted by Crippen LogP contribution is -2.44. The third-order valence-corrected chi connectivity index (χ3v) is 5.49. The summed E-state index contributed by atoms with van der Waals surface area (Å²) in [5, 5.41) is 5.99. The predicted molar refractivity (Wildman–Crippen MR) is 113 cm³/mol. The van der Waals surface area contributed by atoms with Gasteiger partial charge in [0.25, 0.3) is 5.91 Å². The van der Waals surface area contributed by atoms with Crippen molar-refractivity contribution in [1.29, 1.82) is 0 Å². The van der Waals surface area contributed by atoms with Crippen LogP contribution in [0.25, 0.3) is 0 Å². The van der Waals surface area contributed by atoms with Crippen LogP contribution in [0.3, 0.4) is 0 Å². The lowest BCUT2D eigenvalue weighted by Gasteiger charge is -2.30. The molecule has 0 spiro atoms. The van der Waals surface area contributed by atoms with Gasteiger partial charge in [0.1, 0.15) is 12.3 Å². The first kappa shape index (κ1) is 26.5. The van der Waals surface area contributed by atoms with E-state index in [-0.39, 0.29) is 18.4 Å². The quantitative estimate of drug-likeness (QED) is 0.556. The largest absolute Gasteiger partial charge is 0.416 e. The van der Waals surface area contributed by atoms with Crippen LogP contribution in [-0.2, 0) is 17.1 Å². The summed E-state index contributed by atoms with van der Waals surface area (Å²) < 4.78 is 84.4. The van der Waals surface area contributed by atoms with Crippen LogP contribution in [0.5, 0.6) is 0 Å². The van der Waals surface area contributed by atoms with E-state index in [1.165, 1.54) is 6.07 Å². The molecule has 0 bridgehead atoms. The summed E-state index contributed by atoms with van der Waals surface area (Å²) in [6, 6.07) is 2.10.